The van der Waals surface area contributed by atoms with Crippen molar-refractivity contribution in [3.63, 3.8) is 0 Å². The van der Waals surface area contributed by atoms with E-state index in [0.717, 1.165) is 48.1 Å². The van der Waals surface area contributed by atoms with Crippen LogP contribution in [0.25, 0.3) is 0 Å². The second-order valence-electron chi connectivity index (χ2n) is 9.60. The summed E-state index contributed by atoms with van der Waals surface area (Å²) >= 11 is 1.61. The number of nitrogens with zero attached hydrogens (tertiary/aromatic N) is 4. The van der Waals surface area contributed by atoms with E-state index < -0.39 is 46.7 Å². The molecule has 0 radical (unpaired) electrons. The van der Waals surface area contributed by atoms with Crippen molar-refractivity contribution in [2.75, 3.05) is 49.4 Å². The highest BCUT2D eigenvalue weighted by Gasteiger charge is 2.36. The maximum atomic E-state index is 14.0. The molecule has 0 unspecified atom stereocenters. The number of guanidine groups is 2. The van der Waals surface area contributed by atoms with E-state index in [0.29, 0.717) is 12.1 Å². The van der Waals surface area contributed by atoms with Crippen molar-refractivity contribution in [1.82, 2.24) is 9.97 Å². The number of halogens is 6. The third-order valence-electron chi connectivity index (χ3n) is 6.13. The molecule has 0 aliphatic carbocycles. The Morgan fingerprint density at radius 2 is 1.08 bits per heavy atom. The lowest BCUT2D eigenvalue weighted by Gasteiger charge is -2.18. The zero-order valence-electron chi connectivity index (χ0n) is 26.1. The van der Waals surface area contributed by atoms with Gasteiger partial charge in [0.15, 0.2) is 11.9 Å². The molecule has 1 aromatic heterocycles. The van der Waals surface area contributed by atoms with E-state index >= 15 is 0 Å². The molecule has 0 atom stereocenters. The molecule has 270 valence electrons. The minimum Gasteiger partial charge on any atom is -0.495 e. The Morgan fingerprint density at radius 1 is 0.700 bits per heavy atom. The summed E-state index contributed by atoms with van der Waals surface area (Å²) in [4.78, 5) is 40.7. The molecule has 50 heavy (non-hydrogen) atoms. The Bertz CT molecular complexity index is 1640. The Labute approximate surface area is 288 Å². The third kappa shape index (κ3) is 10.9. The molecule has 2 amide bonds. The van der Waals surface area contributed by atoms with Gasteiger partial charge in [-0.05, 0) is 24.3 Å². The molecule has 0 fully saturated rings. The van der Waals surface area contributed by atoms with Crippen LogP contribution in [0.3, 0.4) is 0 Å². The van der Waals surface area contributed by atoms with Crippen molar-refractivity contribution in [3.8, 4) is 11.5 Å². The normalized spacial score (nSPS) is 11.4. The SMILES string of the molecule is COc1cc(SCCN=C(N)N)c(C(F)(F)F)cc1NC(=O)c1cc(C(=O)Nc2cc(C(F)(F)F)c(SCCN=C(N)N)cc2OC)ncn1. The summed E-state index contributed by atoms with van der Waals surface area (Å²) in [5.41, 5.74) is 17.1. The van der Waals surface area contributed by atoms with Gasteiger partial charge >= 0.3 is 12.4 Å². The highest BCUT2D eigenvalue weighted by molar-refractivity contribution is 7.99. The summed E-state index contributed by atoms with van der Waals surface area (Å²) in [5, 5.41) is 4.54. The average Bonchev–Trinajstić information content (AvgIpc) is 3.04. The Balaban J connectivity index is 1.87. The number of aliphatic imine (C=N–C) groups is 2. The van der Waals surface area contributed by atoms with E-state index in [2.05, 4.69) is 30.6 Å². The van der Waals surface area contributed by atoms with Crippen molar-refractivity contribution in [2.24, 2.45) is 32.9 Å². The number of aromatic nitrogens is 2. The summed E-state index contributed by atoms with van der Waals surface area (Å²) < 4.78 is 94.2. The number of ether oxygens (including phenoxy) is 2. The number of nitrogens with one attached hydrogen (secondary N) is 2. The van der Waals surface area contributed by atoms with Gasteiger partial charge in [-0.3, -0.25) is 19.6 Å². The summed E-state index contributed by atoms with van der Waals surface area (Å²) in [5.74, 6) is -2.64. The number of amides is 2. The number of anilines is 2. The second-order valence-corrected chi connectivity index (χ2v) is 11.9. The highest BCUT2D eigenvalue weighted by atomic mass is 32.2. The Morgan fingerprint density at radius 3 is 1.40 bits per heavy atom. The summed E-state index contributed by atoms with van der Waals surface area (Å²) in [6.45, 7) is 0.0777. The number of carbonyl (C=O) groups is 2. The standard InChI is InChI=1S/C28H30F6N10O4S2/c1-47-19-10-21(49-5-3-39-25(35)36)13(27(29,30)31)7-15(19)43-23(45)17-9-18(42-12-41-17)24(46)44-16-8-14(28(32,33)34)22(11-20(16)48-2)50-6-4-40-26(37)38/h7-12H,3-6H2,1-2H3,(H,43,45)(H,44,46)(H4,35,36,39)(H4,37,38,40). The van der Waals surface area contributed by atoms with Crippen molar-refractivity contribution in [2.45, 2.75) is 22.1 Å². The predicted octanol–water partition coefficient (Wildman–Crippen LogP) is 3.77. The molecule has 14 nitrogen and oxygen atoms in total. The van der Waals surface area contributed by atoms with Crippen LogP contribution in [0.5, 0.6) is 11.5 Å². The molecule has 0 aliphatic rings. The lowest BCUT2D eigenvalue weighted by atomic mass is 10.1. The number of thioether (sulfide) groups is 2. The van der Waals surface area contributed by atoms with Gasteiger partial charge in [0, 0.05) is 27.4 Å². The molecule has 0 spiro atoms. The van der Waals surface area contributed by atoms with Crippen LogP contribution in [-0.4, -0.2) is 72.5 Å². The van der Waals surface area contributed by atoms with Crippen LogP contribution in [-0.2, 0) is 12.4 Å². The van der Waals surface area contributed by atoms with Gasteiger partial charge in [0.2, 0.25) is 0 Å². The maximum absolute atomic E-state index is 14.0. The van der Waals surface area contributed by atoms with Crippen LogP contribution < -0.4 is 43.0 Å². The van der Waals surface area contributed by atoms with Gasteiger partial charge in [0.25, 0.3) is 11.8 Å². The molecule has 1 heterocycles. The first kappa shape index (κ1) is 39.3. The van der Waals surface area contributed by atoms with Crippen LogP contribution >= 0.6 is 23.5 Å². The fraction of sp³-hybridized carbons (Fsp3) is 0.286. The van der Waals surface area contributed by atoms with E-state index in [1.165, 1.54) is 14.2 Å². The van der Waals surface area contributed by atoms with Crippen LogP contribution in [0.15, 0.2) is 56.4 Å². The highest BCUT2D eigenvalue weighted by Crippen LogP contribution is 2.43. The van der Waals surface area contributed by atoms with Gasteiger partial charge in [0.1, 0.15) is 29.2 Å². The van der Waals surface area contributed by atoms with Gasteiger partial charge in [-0.15, -0.1) is 23.5 Å². The van der Waals surface area contributed by atoms with E-state index in [1.54, 1.807) is 0 Å². The van der Waals surface area contributed by atoms with E-state index in [9.17, 15) is 35.9 Å². The van der Waals surface area contributed by atoms with Crippen molar-refractivity contribution in [1.29, 1.82) is 0 Å². The summed E-state index contributed by atoms with van der Waals surface area (Å²) in [6.07, 6.45) is -8.85. The third-order valence-corrected chi connectivity index (χ3v) is 8.20. The molecule has 0 bridgehead atoms. The molecule has 3 rings (SSSR count). The van der Waals surface area contributed by atoms with Gasteiger partial charge in [-0.25, -0.2) is 9.97 Å². The first-order chi connectivity index (χ1) is 23.4. The van der Waals surface area contributed by atoms with Crippen molar-refractivity contribution < 1.29 is 45.4 Å². The zero-order valence-corrected chi connectivity index (χ0v) is 27.7. The molecule has 3 aromatic rings. The second kappa shape index (κ2) is 17.0. The molecular weight excluding hydrogens is 718 g/mol. The zero-order chi connectivity index (χ0) is 37.2. The first-order valence-corrected chi connectivity index (χ1v) is 15.8. The number of hydrogen-bond donors (Lipinski definition) is 6. The number of methoxy groups -OCH3 is 2. The minimum absolute atomic E-state index is 0.0389. The van der Waals surface area contributed by atoms with Gasteiger partial charge in [-0.2, -0.15) is 26.3 Å². The lowest BCUT2D eigenvalue weighted by molar-refractivity contribution is -0.140. The summed E-state index contributed by atoms with van der Waals surface area (Å²) in [6, 6.07) is 4.38. The van der Waals surface area contributed by atoms with Crippen LogP contribution in [0.4, 0.5) is 37.7 Å². The van der Waals surface area contributed by atoms with E-state index in [1.807, 2.05) is 0 Å². The van der Waals surface area contributed by atoms with E-state index in [-0.39, 0.29) is 69.2 Å². The molecule has 10 N–H and O–H groups in total. The van der Waals surface area contributed by atoms with Crippen molar-refractivity contribution in [3.05, 3.63) is 59.2 Å². The maximum Gasteiger partial charge on any atom is 0.417 e. The van der Waals surface area contributed by atoms with Gasteiger partial charge < -0.3 is 43.0 Å². The first-order valence-electron chi connectivity index (χ1n) is 13.8. The van der Waals surface area contributed by atoms with Crippen LogP contribution in [0, 0.1) is 0 Å². The lowest BCUT2D eigenvalue weighted by Crippen LogP contribution is -2.23. The number of carbonyl (C=O) groups excluding carboxylic acids is 2. The Kier molecular flexibility index (Phi) is 13.4. The van der Waals surface area contributed by atoms with Crippen LogP contribution in [0.1, 0.15) is 32.1 Å². The molecule has 0 saturated carbocycles. The number of rotatable bonds is 14. The molecular formula is C28H30F6N10O4S2. The van der Waals surface area contributed by atoms with Crippen molar-refractivity contribution >= 4 is 58.6 Å². The Hall–Kier alpha value is -5.12. The largest absolute Gasteiger partial charge is 0.495 e. The molecule has 22 heteroatoms. The molecule has 0 aliphatic heterocycles. The summed E-state index contributed by atoms with van der Waals surface area (Å²) in [7, 11) is 2.35. The topological polar surface area (TPSA) is 231 Å². The number of alkyl halides is 6. The van der Waals surface area contributed by atoms with Gasteiger partial charge in [-0.1, -0.05) is 0 Å². The number of nitrogens with two attached hydrogens (primary N) is 4. The van der Waals surface area contributed by atoms with Crippen LogP contribution in [0.2, 0.25) is 0 Å². The fourth-order valence-corrected chi connectivity index (χ4v) is 5.82. The monoisotopic (exact) mass is 748 g/mol. The minimum atomic E-state index is -4.83. The fourth-order valence-electron chi connectivity index (χ4n) is 3.98. The smallest absolute Gasteiger partial charge is 0.417 e. The van der Waals surface area contributed by atoms with E-state index in [4.69, 9.17) is 32.4 Å². The molecule has 0 saturated heterocycles. The molecule has 2 aromatic carbocycles. The average molecular weight is 749 g/mol. The number of benzene rings is 2. The number of hydrogen-bond acceptors (Lipinski definition) is 10. The quantitative estimate of drug-likeness (QED) is 0.0455. The van der Waals surface area contributed by atoms with Gasteiger partial charge in [0.05, 0.1) is 49.8 Å². The predicted molar refractivity (Wildman–Crippen MR) is 177 cm³/mol.